The third-order valence-corrected chi connectivity index (χ3v) is 5.84. The highest BCUT2D eigenvalue weighted by Crippen LogP contribution is 2.39. The average molecular weight is 445 g/mol. The summed E-state index contributed by atoms with van der Waals surface area (Å²) in [7, 11) is 3.19. The van der Waals surface area contributed by atoms with Crippen LogP contribution in [0.5, 0.6) is 11.5 Å². The van der Waals surface area contributed by atoms with E-state index in [2.05, 4.69) is 10.2 Å². The Morgan fingerprint density at radius 1 is 1.06 bits per heavy atom. The number of rotatable bonds is 7. The molecule has 5 rings (SSSR count). The molecule has 8 heteroatoms. The Morgan fingerprint density at radius 2 is 1.85 bits per heavy atom. The molecule has 0 radical (unpaired) electrons. The minimum atomic E-state index is -0.215. The number of benzene rings is 2. The van der Waals surface area contributed by atoms with E-state index in [1.165, 1.54) is 0 Å². The third kappa shape index (κ3) is 4.11. The highest BCUT2D eigenvalue weighted by molar-refractivity contribution is 5.94. The first kappa shape index (κ1) is 20.9. The van der Waals surface area contributed by atoms with Crippen LogP contribution in [0.2, 0.25) is 0 Å². The van der Waals surface area contributed by atoms with Crippen molar-refractivity contribution in [3.05, 3.63) is 54.4 Å². The Hall–Kier alpha value is -3.94. The van der Waals surface area contributed by atoms with E-state index >= 15 is 0 Å². The van der Waals surface area contributed by atoms with Gasteiger partial charge in [0, 0.05) is 10.9 Å². The first-order valence-corrected chi connectivity index (χ1v) is 10.7. The molecule has 1 fully saturated rings. The van der Waals surface area contributed by atoms with Crippen LogP contribution >= 0.6 is 0 Å². The van der Waals surface area contributed by atoms with E-state index in [1.807, 2.05) is 55.5 Å². The van der Waals surface area contributed by atoms with Crippen molar-refractivity contribution in [2.75, 3.05) is 14.2 Å². The number of carbonyl (C=O) groups excluding carboxylic acids is 1. The van der Waals surface area contributed by atoms with E-state index in [1.54, 1.807) is 14.2 Å². The summed E-state index contributed by atoms with van der Waals surface area (Å²) < 4.78 is 22.0. The molecule has 0 saturated heterocycles. The quantitative estimate of drug-likeness (QED) is 0.379. The van der Waals surface area contributed by atoms with Gasteiger partial charge in [-0.2, -0.15) is 0 Å². The monoisotopic (exact) mass is 445 g/mol. The summed E-state index contributed by atoms with van der Waals surface area (Å²) in [5, 5.41) is 9.15. The topological polar surface area (TPSA) is 96.6 Å². The predicted octanol–water partition coefficient (Wildman–Crippen LogP) is 4.67. The van der Waals surface area contributed by atoms with Crippen LogP contribution in [-0.2, 0) is 16.1 Å². The Labute approximate surface area is 190 Å². The van der Waals surface area contributed by atoms with Crippen molar-refractivity contribution < 1.29 is 23.4 Å². The predicted molar refractivity (Wildman–Crippen MR) is 121 cm³/mol. The second-order valence-corrected chi connectivity index (χ2v) is 8.07. The maximum atomic E-state index is 12.0. The van der Waals surface area contributed by atoms with Gasteiger partial charge in [0.1, 0.15) is 0 Å². The first-order valence-electron chi connectivity index (χ1n) is 10.7. The van der Waals surface area contributed by atoms with Gasteiger partial charge in [0.15, 0.2) is 18.1 Å². The highest BCUT2D eigenvalue weighted by Gasteiger charge is 2.40. The number of aromatic nitrogens is 3. The number of methoxy groups -OCH3 is 2. The fourth-order valence-electron chi connectivity index (χ4n) is 3.81. The van der Waals surface area contributed by atoms with E-state index in [9.17, 15) is 4.79 Å². The van der Waals surface area contributed by atoms with E-state index in [0.717, 1.165) is 34.1 Å². The van der Waals surface area contributed by atoms with Crippen LogP contribution in [-0.4, -0.2) is 35.4 Å². The largest absolute Gasteiger partial charge is 0.493 e. The maximum Gasteiger partial charge on any atom is 0.309 e. The molecule has 2 aromatic carbocycles. The zero-order valence-electron chi connectivity index (χ0n) is 18.6. The molecule has 0 N–H and O–H groups in total. The molecule has 2 atom stereocenters. The number of hydrogen-bond acceptors (Lipinski definition) is 8. The summed E-state index contributed by atoms with van der Waals surface area (Å²) in [6, 6.07) is 15.3. The van der Waals surface area contributed by atoms with Gasteiger partial charge in [-0.25, -0.2) is 4.98 Å². The minimum absolute atomic E-state index is 0.0134. The fourth-order valence-corrected chi connectivity index (χ4v) is 3.81. The molecule has 0 bridgehead atoms. The number of carbonyl (C=O) groups is 1. The SMILES string of the molecule is COc1ccc(-c2cc(-c3nnc(COC(=O)[C@@H]4C[C@H]4C)o3)c3ccccc3n2)cc1OC. The van der Waals surface area contributed by atoms with Gasteiger partial charge in [-0.15, -0.1) is 10.2 Å². The van der Waals surface area contributed by atoms with Crippen molar-refractivity contribution in [3.8, 4) is 34.2 Å². The number of esters is 1. The lowest BCUT2D eigenvalue weighted by atomic mass is 10.0. The van der Waals surface area contributed by atoms with Crippen LogP contribution in [0.1, 0.15) is 19.2 Å². The summed E-state index contributed by atoms with van der Waals surface area (Å²) in [5.41, 5.74) is 3.10. The average Bonchev–Trinajstić information content (AvgIpc) is 3.40. The third-order valence-electron chi connectivity index (χ3n) is 5.84. The summed E-state index contributed by atoms with van der Waals surface area (Å²) in [5.74, 6) is 1.99. The molecule has 2 heterocycles. The van der Waals surface area contributed by atoms with Gasteiger partial charge in [0.25, 0.3) is 5.89 Å². The lowest BCUT2D eigenvalue weighted by Crippen LogP contribution is -2.07. The molecular weight excluding hydrogens is 422 g/mol. The molecular formula is C25H23N3O5. The van der Waals surface area contributed by atoms with Crippen LogP contribution in [0, 0.1) is 11.8 Å². The van der Waals surface area contributed by atoms with Crippen LogP contribution in [0.25, 0.3) is 33.6 Å². The first-order chi connectivity index (χ1) is 16.1. The molecule has 1 saturated carbocycles. The van der Waals surface area contributed by atoms with Crippen LogP contribution in [0.15, 0.2) is 52.9 Å². The van der Waals surface area contributed by atoms with E-state index in [0.29, 0.717) is 23.3 Å². The second-order valence-electron chi connectivity index (χ2n) is 8.07. The van der Waals surface area contributed by atoms with E-state index in [4.69, 9.17) is 23.6 Å². The smallest absolute Gasteiger partial charge is 0.309 e. The van der Waals surface area contributed by atoms with Crippen LogP contribution < -0.4 is 9.47 Å². The van der Waals surface area contributed by atoms with Gasteiger partial charge in [-0.1, -0.05) is 25.1 Å². The van der Waals surface area contributed by atoms with Gasteiger partial charge in [0.05, 0.1) is 36.9 Å². The number of hydrogen-bond donors (Lipinski definition) is 0. The molecule has 1 aliphatic carbocycles. The van der Waals surface area contributed by atoms with Crippen molar-refractivity contribution in [1.82, 2.24) is 15.2 Å². The summed E-state index contributed by atoms with van der Waals surface area (Å²) in [4.78, 5) is 16.8. The zero-order valence-corrected chi connectivity index (χ0v) is 18.6. The van der Waals surface area contributed by atoms with Crippen molar-refractivity contribution in [2.24, 2.45) is 11.8 Å². The van der Waals surface area contributed by atoms with Gasteiger partial charge in [-0.05, 0) is 42.7 Å². The van der Waals surface area contributed by atoms with Gasteiger partial charge < -0.3 is 18.6 Å². The summed E-state index contributed by atoms with van der Waals surface area (Å²) in [6.45, 7) is 1.99. The van der Waals surface area contributed by atoms with Crippen molar-refractivity contribution in [1.29, 1.82) is 0 Å². The minimum Gasteiger partial charge on any atom is -0.493 e. The summed E-state index contributed by atoms with van der Waals surface area (Å²) in [6.07, 6.45) is 0.871. The van der Waals surface area contributed by atoms with E-state index in [-0.39, 0.29) is 24.4 Å². The number of nitrogens with zero attached hydrogens (tertiary/aromatic N) is 3. The molecule has 168 valence electrons. The van der Waals surface area contributed by atoms with Crippen molar-refractivity contribution in [3.63, 3.8) is 0 Å². The molecule has 33 heavy (non-hydrogen) atoms. The normalized spacial score (nSPS) is 17.1. The lowest BCUT2D eigenvalue weighted by molar-refractivity contribution is -0.147. The molecule has 0 amide bonds. The van der Waals surface area contributed by atoms with Gasteiger partial charge >= 0.3 is 5.97 Å². The lowest BCUT2D eigenvalue weighted by Gasteiger charge is -2.11. The van der Waals surface area contributed by atoms with Crippen molar-refractivity contribution >= 4 is 16.9 Å². The molecule has 0 unspecified atom stereocenters. The Balaban J connectivity index is 1.49. The molecule has 4 aromatic rings. The maximum absolute atomic E-state index is 12.0. The number of ether oxygens (including phenoxy) is 3. The zero-order chi connectivity index (χ0) is 22.9. The highest BCUT2D eigenvalue weighted by atomic mass is 16.5. The Morgan fingerprint density at radius 3 is 2.61 bits per heavy atom. The fraction of sp³-hybridized carbons (Fsp3) is 0.280. The molecule has 0 aliphatic heterocycles. The summed E-state index contributed by atoms with van der Waals surface area (Å²) >= 11 is 0. The number of fused-ring (bicyclic) bond motifs is 1. The van der Waals surface area contributed by atoms with Gasteiger partial charge in [-0.3, -0.25) is 4.79 Å². The molecule has 0 spiro atoms. The standard InChI is InChI=1S/C25H23N3O5/c1-14-10-17(14)25(29)32-13-23-27-28-24(33-23)18-12-20(26-19-7-5-4-6-16(18)19)15-8-9-21(30-2)22(11-15)31-3/h4-9,11-12,14,17H,10,13H2,1-3H3/t14-,17-/m1/s1. The Kier molecular flexibility index (Phi) is 5.42. The van der Waals surface area contributed by atoms with Crippen LogP contribution in [0.4, 0.5) is 0 Å². The number of pyridine rings is 1. The van der Waals surface area contributed by atoms with Crippen LogP contribution in [0.3, 0.4) is 0 Å². The van der Waals surface area contributed by atoms with Crippen molar-refractivity contribution in [2.45, 2.75) is 20.0 Å². The molecule has 8 nitrogen and oxygen atoms in total. The molecule has 1 aliphatic rings. The van der Waals surface area contributed by atoms with Gasteiger partial charge in [0.2, 0.25) is 5.89 Å². The number of para-hydroxylation sites is 1. The molecule has 2 aromatic heterocycles. The Bertz CT molecular complexity index is 1330. The second kappa shape index (κ2) is 8.54. The van der Waals surface area contributed by atoms with E-state index < -0.39 is 0 Å².